The van der Waals surface area contributed by atoms with Crippen LogP contribution in [0.15, 0.2) is 24.3 Å². The van der Waals surface area contributed by atoms with Crippen molar-refractivity contribution in [3.63, 3.8) is 0 Å². The van der Waals surface area contributed by atoms with Crippen molar-refractivity contribution in [1.29, 1.82) is 0 Å². The highest BCUT2D eigenvalue weighted by molar-refractivity contribution is 6.09. The summed E-state index contributed by atoms with van der Waals surface area (Å²) in [6.07, 6.45) is 2.11. The van der Waals surface area contributed by atoms with Crippen molar-refractivity contribution in [3.8, 4) is 0 Å². The molecule has 2 N–H and O–H groups in total. The Kier molecular flexibility index (Phi) is 6.57. The largest absolute Gasteiger partial charge is 0.352 e. The molecule has 1 aromatic rings. The van der Waals surface area contributed by atoms with E-state index in [0.29, 0.717) is 17.9 Å². The Bertz CT molecular complexity index is 705. The van der Waals surface area contributed by atoms with Gasteiger partial charge in [0.1, 0.15) is 17.9 Å². The molecule has 1 saturated heterocycles. The van der Waals surface area contributed by atoms with Crippen molar-refractivity contribution in [2.75, 3.05) is 6.54 Å². The highest BCUT2D eigenvalue weighted by atomic mass is 19.1. The molecule has 6 nitrogen and oxygen atoms in total. The number of hydrogen-bond acceptors (Lipinski definition) is 3. The van der Waals surface area contributed by atoms with Crippen LogP contribution in [0.25, 0.3) is 0 Å². The Labute approximate surface area is 159 Å². The zero-order chi connectivity index (χ0) is 20.2. The Morgan fingerprint density at radius 2 is 1.81 bits per heavy atom. The molecular formula is C20H28FN3O3. The molecule has 7 heteroatoms. The molecule has 4 amide bonds. The van der Waals surface area contributed by atoms with E-state index in [0.717, 1.165) is 17.7 Å². The fourth-order valence-corrected chi connectivity index (χ4v) is 3.26. The predicted molar refractivity (Wildman–Crippen MR) is 100 cm³/mol. The van der Waals surface area contributed by atoms with E-state index in [1.165, 1.54) is 24.3 Å². The number of amides is 4. The number of halogens is 1. The lowest BCUT2D eigenvalue weighted by Gasteiger charge is -2.25. The maximum Gasteiger partial charge on any atom is 0.325 e. The van der Waals surface area contributed by atoms with Crippen molar-refractivity contribution >= 4 is 17.8 Å². The topological polar surface area (TPSA) is 78.5 Å². The van der Waals surface area contributed by atoms with Gasteiger partial charge in [0.05, 0.1) is 0 Å². The predicted octanol–water partition coefficient (Wildman–Crippen LogP) is 2.92. The fraction of sp³-hybridized carbons (Fsp3) is 0.550. The standard InChI is InChI=1S/C20H28FN3O3/c1-5-20(15-8-10-16(21)11-9-15)18(26)24(19(27)23-20)12-17(25)22-14(4)7-6-13(2)3/h8-11,13-14H,5-7,12H2,1-4H3,(H,22,25)(H,23,27)/t14-,20-/m1/s1. The van der Waals surface area contributed by atoms with E-state index >= 15 is 0 Å². The molecule has 2 rings (SSSR count). The van der Waals surface area contributed by atoms with Crippen molar-refractivity contribution < 1.29 is 18.8 Å². The van der Waals surface area contributed by atoms with Crippen LogP contribution < -0.4 is 10.6 Å². The van der Waals surface area contributed by atoms with Crippen molar-refractivity contribution in [2.45, 2.75) is 58.5 Å². The van der Waals surface area contributed by atoms with E-state index in [2.05, 4.69) is 24.5 Å². The van der Waals surface area contributed by atoms with Crippen molar-refractivity contribution in [1.82, 2.24) is 15.5 Å². The van der Waals surface area contributed by atoms with Crippen LogP contribution in [0.5, 0.6) is 0 Å². The number of hydrogen-bond donors (Lipinski definition) is 2. The van der Waals surface area contributed by atoms with Gasteiger partial charge in [-0.3, -0.25) is 14.5 Å². The van der Waals surface area contributed by atoms with Gasteiger partial charge >= 0.3 is 6.03 Å². The second-order valence-corrected chi connectivity index (χ2v) is 7.53. The first-order valence-electron chi connectivity index (χ1n) is 9.39. The van der Waals surface area contributed by atoms with Gasteiger partial charge < -0.3 is 10.6 Å². The number of carbonyl (C=O) groups is 3. The molecule has 0 radical (unpaired) electrons. The third-order valence-corrected chi connectivity index (χ3v) is 4.93. The fourth-order valence-electron chi connectivity index (χ4n) is 3.26. The minimum absolute atomic E-state index is 0.0336. The van der Waals surface area contributed by atoms with Crippen molar-refractivity contribution in [2.24, 2.45) is 5.92 Å². The molecule has 0 bridgehead atoms. The molecule has 1 heterocycles. The smallest absolute Gasteiger partial charge is 0.325 e. The van der Waals surface area contributed by atoms with E-state index in [9.17, 15) is 18.8 Å². The number of benzene rings is 1. The van der Waals surface area contributed by atoms with Crippen LogP contribution in [-0.2, 0) is 15.1 Å². The van der Waals surface area contributed by atoms with E-state index in [1.807, 2.05) is 6.92 Å². The Hall–Kier alpha value is -2.44. The average molecular weight is 377 g/mol. The second-order valence-electron chi connectivity index (χ2n) is 7.53. The summed E-state index contributed by atoms with van der Waals surface area (Å²) >= 11 is 0. The first-order valence-corrected chi connectivity index (χ1v) is 9.39. The minimum Gasteiger partial charge on any atom is -0.352 e. The highest BCUT2D eigenvalue weighted by Gasteiger charge is 2.51. The zero-order valence-electron chi connectivity index (χ0n) is 16.3. The summed E-state index contributed by atoms with van der Waals surface area (Å²) in [7, 11) is 0. The van der Waals surface area contributed by atoms with Gasteiger partial charge in [-0.15, -0.1) is 0 Å². The molecular weight excluding hydrogens is 349 g/mol. The Morgan fingerprint density at radius 3 is 2.37 bits per heavy atom. The van der Waals surface area contributed by atoms with E-state index in [1.54, 1.807) is 6.92 Å². The number of urea groups is 1. The Morgan fingerprint density at radius 1 is 1.19 bits per heavy atom. The number of nitrogens with one attached hydrogen (secondary N) is 2. The van der Waals surface area contributed by atoms with Gasteiger partial charge in [0.15, 0.2) is 0 Å². The first kappa shape index (κ1) is 20.9. The molecule has 0 aliphatic carbocycles. The monoisotopic (exact) mass is 377 g/mol. The number of imide groups is 1. The molecule has 1 fully saturated rings. The molecule has 0 unspecified atom stereocenters. The average Bonchev–Trinajstić information content (AvgIpc) is 2.85. The maximum absolute atomic E-state index is 13.2. The normalized spacial score (nSPS) is 20.7. The molecule has 1 aliphatic rings. The van der Waals surface area contributed by atoms with Gasteiger partial charge in [0.25, 0.3) is 5.91 Å². The number of rotatable bonds is 8. The third-order valence-electron chi connectivity index (χ3n) is 4.93. The number of nitrogens with zero attached hydrogens (tertiary/aromatic N) is 1. The molecule has 0 aromatic heterocycles. The van der Waals surface area contributed by atoms with E-state index in [-0.39, 0.29) is 18.5 Å². The molecule has 1 aliphatic heterocycles. The van der Waals surface area contributed by atoms with Gasteiger partial charge in [-0.1, -0.05) is 32.9 Å². The second kappa shape index (κ2) is 8.50. The lowest BCUT2D eigenvalue weighted by atomic mass is 9.87. The van der Waals surface area contributed by atoms with Crippen LogP contribution >= 0.6 is 0 Å². The van der Waals surface area contributed by atoms with Crippen LogP contribution in [0.3, 0.4) is 0 Å². The quantitative estimate of drug-likeness (QED) is 0.684. The first-order chi connectivity index (χ1) is 12.7. The van der Waals surface area contributed by atoms with Crippen LogP contribution in [-0.4, -0.2) is 35.3 Å². The summed E-state index contributed by atoms with van der Waals surface area (Å²) in [4.78, 5) is 38.6. The lowest BCUT2D eigenvalue weighted by molar-refractivity contribution is -0.135. The minimum atomic E-state index is -1.27. The highest BCUT2D eigenvalue weighted by Crippen LogP contribution is 2.32. The van der Waals surface area contributed by atoms with Crippen LogP contribution in [0.1, 0.15) is 52.5 Å². The summed E-state index contributed by atoms with van der Waals surface area (Å²) in [6.45, 7) is 7.56. The molecule has 2 atom stereocenters. The summed E-state index contributed by atoms with van der Waals surface area (Å²) < 4.78 is 13.2. The van der Waals surface area contributed by atoms with Gasteiger partial charge in [0.2, 0.25) is 5.91 Å². The van der Waals surface area contributed by atoms with Crippen LogP contribution in [0.4, 0.5) is 9.18 Å². The summed E-state index contributed by atoms with van der Waals surface area (Å²) in [5.74, 6) is -0.753. The molecule has 0 saturated carbocycles. The lowest BCUT2D eigenvalue weighted by Crippen LogP contribution is -2.45. The maximum atomic E-state index is 13.2. The third kappa shape index (κ3) is 4.64. The Balaban J connectivity index is 2.08. The van der Waals surface area contributed by atoms with Crippen molar-refractivity contribution in [3.05, 3.63) is 35.6 Å². The van der Waals surface area contributed by atoms with Crippen LogP contribution in [0.2, 0.25) is 0 Å². The molecule has 0 spiro atoms. The summed E-state index contributed by atoms with van der Waals surface area (Å²) in [6, 6.07) is 4.81. The SMILES string of the molecule is CC[C@]1(c2ccc(F)cc2)NC(=O)N(CC(=O)N[C@H](C)CCC(C)C)C1=O. The summed E-state index contributed by atoms with van der Waals surface area (Å²) in [5, 5.41) is 5.52. The number of carbonyl (C=O) groups excluding carboxylic acids is 3. The zero-order valence-corrected chi connectivity index (χ0v) is 16.3. The van der Waals surface area contributed by atoms with Gasteiger partial charge in [-0.05, 0) is 49.8 Å². The van der Waals surface area contributed by atoms with Gasteiger partial charge in [-0.2, -0.15) is 0 Å². The summed E-state index contributed by atoms with van der Waals surface area (Å²) in [5.41, 5.74) is -0.771. The van der Waals surface area contributed by atoms with Gasteiger partial charge in [-0.25, -0.2) is 9.18 Å². The van der Waals surface area contributed by atoms with Gasteiger partial charge in [0, 0.05) is 6.04 Å². The van der Waals surface area contributed by atoms with Crippen LogP contribution in [0, 0.1) is 11.7 Å². The molecule has 27 heavy (non-hydrogen) atoms. The molecule has 148 valence electrons. The van der Waals surface area contributed by atoms with E-state index in [4.69, 9.17) is 0 Å². The molecule has 1 aromatic carbocycles. The van der Waals surface area contributed by atoms with E-state index < -0.39 is 23.3 Å².